The van der Waals surface area contributed by atoms with E-state index in [9.17, 15) is 8.42 Å². The van der Waals surface area contributed by atoms with E-state index in [4.69, 9.17) is 4.55 Å². The molecule has 1 aliphatic rings. The molecule has 1 heterocycles. The van der Waals surface area contributed by atoms with Crippen LogP contribution in [0.5, 0.6) is 0 Å². The van der Waals surface area contributed by atoms with Crippen molar-refractivity contribution < 1.29 is 13.0 Å². The van der Waals surface area contributed by atoms with Gasteiger partial charge in [-0.2, -0.15) is 8.42 Å². The summed E-state index contributed by atoms with van der Waals surface area (Å²) in [7, 11) is -4.24. The minimum atomic E-state index is -4.24. The third-order valence-corrected chi connectivity index (χ3v) is 3.47. The molecule has 0 saturated heterocycles. The lowest BCUT2D eigenvalue weighted by molar-refractivity contribution is 0.473. The maximum atomic E-state index is 10.5. The van der Waals surface area contributed by atoms with Crippen molar-refractivity contribution in [1.82, 2.24) is 4.83 Å². The first-order chi connectivity index (χ1) is 10.0. The maximum absolute atomic E-state index is 10.5. The second kappa shape index (κ2) is 7.30. The van der Waals surface area contributed by atoms with Gasteiger partial charge in [0, 0.05) is 18.3 Å². The van der Waals surface area contributed by atoms with Crippen LogP contribution in [0.1, 0.15) is 24.8 Å². The SMILES string of the molecule is O=S(=O)(O)NNc1ccc(CCCC2CC=NC=N2)cc1. The molecule has 0 aliphatic carbocycles. The molecule has 0 spiro atoms. The van der Waals surface area contributed by atoms with Crippen molar-refractivity contribution in [3.05, 3.63) is 29.8 Å². The summed E-state index contributed by atoms with van der Waals surface area (Å²) in [4.78, 5) is 10.0. The molecule has 1 aliphatic heterocycles. The number of nitrogens with zero attached hydrogens (tertiary/aromatic N) is 2. The lowest BCUT2D eigenvalue weighted by atomic mass is 10.0. The molecular formula is C13H18N4O3S. The Bertz CT molecular complexity index is 611. The number of hydrogen-bond donors (Lipinski definition) is 3. The Labute approximate surface area is 124 Å². The number of benzene rings is 1. The summed E-state index contributed by atoms with van der Waals surface area (Å²) in [5.41, 5.74) is 4.13. The quantitative estimate of drug-likeness (QED) is 0.525. The summed E-state index contributed by atoms with van der Waals surface area (Å²) < 4.78 is 29.6. The van der Waals surface area contributed by atoms with E-state index in [1.165, 1.54) is 5.56 Å². The minimum Gasteiger partial charge on any atom is -0.306 e. The fraction of sp³-hybridized carbons (Fsp3) is 0.385. The number of hydrazine groups is 1. The average molecular weight is 310 g/mol. The summed E-state index contributed by atoms with van der Waals surface area (Å²) in [5, 5.41) is 0. The van der Waals surface area contributed by atoms with Crippen LogP contribution in [0.4, 0.5) is 5.69 Å². The van der Waals surface area contributed by atoms with Gasteiger partial charge in [0.05, 0.1) is 6.04 Å². The van der Waals surface area contributed by atoms with Crippen LogP contribution in [0.15, 0.2) is 34.3 Å². The molecule has 0 radical (unpaired) electrons. The normalized spacial score (nSPS) is 17.9. The molecule has 2 rings (SSSR count). The summed E-state index contributed by atoms with van der Waals surface area (Å²) in [6.07, 6.45) is 7.39. The first-order valence-corrected chi connectivity index (χ1v) is 8.09. The number of aliphatic imine (C=N–C) groups is 2. The number of hydrogen-bond acceptors (Lipinski definition) is 5. The lowest BCUT2D eigenvalue weighted by Crippen LogP contribution is -2.28. The highest BCUT2D eigenvalue weighted by Crippen LogP contribution is 2.14. The third kappa shape index (κ3) is 6.03. The van der Waals surface area contributed by atoms with E-state index < -0.39 is 10.3 Å². The Morgan fingerprint density at radius 2 is 2.05 bits per heavy atom. The van der Waals surface area contributed by atoms with E-state index in [2.05, 4.69) is 15.4 Å². The number of aryl methyl sites for hydroxylation is 1. The van der Waals surface area contributed by atoms with Gasteiger partial charge in [-0.15, -0.1) is 4.83 Å². The number of rotatable bonds is 7. The Morgan fingerprint density at radius 3 is 2.67 bits per heavy atom. The highest BCUT2D eigenvalue weighted by Gasteiger charge is 2.07. The predicted octanol–water partition coefficient (Wildman–Crippen LogP) is 1.60. The average Bonchev–Trinajstić information content (AvgIpc) is 2.47. The first-order valence-electron chi connectivity index (χ1n) is 6.65. The van der Waals surface area contributed by atoms with Crippen LogP contribution in [0, 0.1) is 0 Å². The minimum absolute atomic E-state index is 0.336. The van der Waals surface area contributed by atoms with Crippen LogP contribution in [-0.2, 0) is 16.7 Å². The Morgan fingerprint density at radius 1 is 1.29 bits per heavy atom. The van der Waals surface area contributed by atoms with Crippen LogP contribution in [0.25, 0.3) is 0 Å². The lowest BCUT2D eigenvalue weighted by Gasteiger charge is -2.11. The van der Waals surface area contributed by atoms with Crippen molar-refractivity contribution in [2.45, 2.75) is 31.7 Å². The molecule has 1 atom stereocenters. The third-order valence-electron chi connectivity index (χ3n) is 3.11. The van der Waals surface area contributed by atoms with Crippen molar-refractivity contribution in [3.8, 4) is 0 Å². The molecule has 1 aromatic rings. The Balaban J connectivity index is 1.74. The second-order valence-corrected chi connectivity index (χ2v) is 5.93. The molecule has 8 heteroatoms. The van der Waals surface area contributed by atoms with E-state index in [0.29, 0.717) is 11.7 Å². The van der Waals surface area contributed by atoms with Gasteiger partial charge < -0.3 is 5.43 Å². The van der Waals surface area contributed by atoms with Gasteiger partial charge >= 0.3 is 10.3 Å². The number of anilines is 1. The topological polar surface area (TPSA) is 103 Å². The van der Waals surface area contributed by atoms with Crippen molar-refractivity contribution in [2.24, 2.45) is 9.98 Å². The van der Waals surface area contributed by atoms with Crippen LogP contribution in [-0.4, -0.2) is 31.6 Å². The molecular weight excluding hydrogens is 292 g/mol. The fourth-order valence-corrected chi connectivity index (χ4v) is 2.28. The van der Waals surface area contributed by atoms with Crippen molar-refractivity contribution >= 4 is 28.5 Å². The van der Waals surface area contributed by atoms with Crippen molar-refractivity contribution in [3.63, 3.8) is 0 Å². The van der Waals surface area contributed by atoms with Gasteiger partial charge in [0.25, 0.3) is 0 Å². The molecule has 0 bridgehead atoms. The molecule has 21 heavy (non-hydrogen) atoms. The zero-order chi connectivity index (χ0) is 15.1. The van der Waals surface area contributed by atoms with Gasteiger partial charge in [0.2, 0.25) is 0 Å². The predicted molar refractivity (Wildman–Crippen MR) is 83.1 cm³/mol. The Kier molecular flexibility index (Phi) is 5.43. The summed E-state index contributed by atoms with van der Waals surface area (Å²) in [6, 6.07) is 7.67. The monoisotopic (exact) mass is 310 g/mol. The van der Waals surface area contributed by atoms with E-state index >= 15 is 0 Å². The van der Waals surface area contributed by atoms with E-state index in [1.807, 2.05) is 18.3 Å². The first kappa shape index (κ1) is 15.6. The van der Waals surface area contributed by atoms with Crippen molar-refractivity contribution in [1.29, 1.82) is 0 Å². The second-order valence-electron chi connectivity index (χ2n) is 4.78. The van der Waals surface area contributed by atoms with Crippen LogP contribution in [0.2, 0.25) is 0 Å². The van der Waals surface area contributed by atoms with Gasteiger partial charge in [-0.3, -0.25) is 9.55 Å². The highest BCUT2D eigenvalue weighted by molar-refractivity contribution is 7.83. The molecule has 3 N–H and O–H groups in total. The molecule has 0 fully saturated rings. The molecule has 7 nitrogen and oxygen atoms in total. The van der Waals surface area contributed by atoms with Gasteiger partial charge in [-0.25, -0.2) is 4.99 Å². The van der Waals surface area contributed by atoms with Gasteiger partial charge in [-0.1, -0.05) is 12.1 Å². The standard InChI is InChI=1S/C13H18N4O3S/c18-21(19,20)17-16-13-6-4-11(5-7-13)2-1-3-12-8-9-14-10-15-12/h4-7,9-10,12,16-17H,1-3,8H2,(H,18,19,20). The van der Waals surface area contributed by atoms with Crippen LogP contribution < -0.4 is 10.3 Å². The van der Waals surface area contributed by atoms with Gasteiger partial charge in [-0.05, 0) is 37.0 Å². The fourth-order valence-electron chi connectivity index (χ4n) is 2.04. The zero-order valence-corrected chi connectivity index (χ0v) is 12.3. The largest absolute Gasteiger partial charge is 0.350 e. The van der Waals surface area contributed by atoms with Crippen LogP contribution >= 0.6 is 0 Å². The maximum Gasteiger partial charge on any atom is 0.350 e. The molecule has 0 saturated carbocycles. The summed E-state index contributed by atoms with van der Waals surface area (Å²) in [6.45, 7) is 0. The zero-order valence-electron chi connectivity index (χ0n) is 11.4. The smallest absolute Gasteiger partial charge is 0.306 e. The van der Waals surface area contributed by atoms with Gasteiger partial charge in [0.15, 0.2) is 0 Å². The van der Waals surface area contributed by atoms with E-state index in [-0.39, 0.29) is 0 Å². The highest BCUT2D eigenvalue weighted by atomic mass is 32.2. The molecule has 0 aromatic heterocycles. The number of nitrogens with one attached hydrogen (secondary N) is 2. The molecule has 1 unspecified atom stereocenters. The Hall–Kier alpha value is -1.77. The summed E-state index contributed by atoms with van der Waals surface area (Å²) in [5.74, 6) is 0. The molecule has 0 amide bonds. The summed E-state index contributed by atoms with van der Waals surface area (Å²) >= 11 is 0. The van der Waals surface area contributed by atoms with E-state index in [0.717, 1.165) is 25.7 Å². The van der Waals surface area contributed by atoms with Gasteiger partial charge in [0.1, 0.15) is 6.34 Å². The molecule has 114 valence electrons. The van der Waals surface area contributed by atoms with E-state index in [1.54, 1.807) is 23.3 Å². The van der Waals surface area contributed by atoms with Crippen LogP contribution in [0.3, 0.4) is 0 Å². The van der Waals surface area contributed by atoms with Crippen molar-refractivity contribution in [2.75, 3.05) is 5.43 Å². The molecule has 1 aromatic carbocycles.